The standard InChI is InChI=1S/C25H30N2O5/c1-15(2)31-23-11-10-19(13-24(23)29-6)16(3)26-25(28)20-8-7-9-21(12-20)30-14-22-17(4)27-32-18(22)5/h7-13,15-16H,14H2,1-6H3,(H,26,28). The molecular weight excluding hydrogens is 408 g/mol. The van der Waals surface area contributed by atoms with Gasteiger partial charge >= 0.3 is 0 Å². The van der Waals surface area contributed by atoms with Gasteiger partial charge in [-0.2, -0.15) is 0 Å². The second kappa shape index (κ2) is 10.2. The van der Waals surface area contributed by atoms with Crippen LogP contribution in [0.25, 0.3) is 0 Å². The minimum Gasteiger partial charge on any atom is -0.493 e. The smallest absolute Gasteiger partial charge is 0.251 e. The van der Waals surface area contributed by atoms with E-state index in [1.165, 1.54) is 0 Å². The van der Waals surface area contributed by atoms with Crippen molar-refractivity contribution in [2.75, 3.05) is 7.11 Å². The van der Waals surface area contributed by atoms with Gasteiger partial charge in [-0.3, -0.25) is 4.79 Å². The fraction of sp³-hybridized carbons (Fsp3) is 0.360. The minimum absolute atomic E-state index is 0.0407. The van der Waals surface area contributed by atoms with Gasteiger partial charge in [0.25, 0.3) is 5.91 Å². The van der Waals surface area contributed by atoms with Crippen molar-refractivity contribution in [3.05, 3.63) is 70.6 Å². The number of nitrogens with zero attached hydrogens (tertiary/aromatic N) is 1. The second-order valence-electron chi connectivity index (χ2n) is 7.89. The first-order valence-electron chi connectivity index (χ1n) is 10.6. The molecule has 0 aliphatic heterocycles. The zero-order chi connectivity index (χ0) is 23.3. The van der Waals surface area contributed by atoms with Gasteiger partial charge in [-0.05, 0) is 70.5 Å². The quantitative estimate of drug-likeness (QED) is 0.497. The Kier molecular flexibility index (Phi) is 7.41. The summed E-state index contributed by atoms with van der Waals surface area (Å²) < 4.78 is 22.2. The van der Waals surface area contributed by atoms with Gasteiger partial charge in [-0.15, -0.1) is 0 Å². The molecule has 0 fully saturated rings. The molecule has 3 aromatic rings. The Bertz CT molecular complexity index is 1050. The molecule has 0 radical (unpaired) electrons. The number of rotatable bonds is 9. The highest BCUT2D eigenvalue weighted by molar-refractivity contribution is 5.94. The Labute approximate surface area is 188 Å². The van der Waals surface area contributed by atoms with E-state index in [1.54, 1.807) is 25.3 Å². The summed E-state index contributed by atoms with van der Waals surface area (Å²) in [6, 6.07) is 12.5. The van der Waals surface area contributed by atoms with E-state index < -0.39 is 0 Å². The predicted molar refractivity (Wildman–Crippen MR) is 121 cm³/mol. The number of benzene rings is 2. The lowest BCUT2D eigenvalue weighted by atomic mass is 10.1. The van der Waals surface area contributed by atoms with Crippen LogP contribution in [0.1, 0.15) is 59.8 Å². The molecule has 1 aromatic heterocycles. The normalized spacial score (nSPS) is 11.8. The maximum Gasteiger partial charge on any atom is 0.251 e. The van der Waals surface area contributed by atoms with Crippen molar-refractivity contribution in [1.82, 2.24) is 10.5 Å². The van der Waals surface area contributed by atoms with Crippen LogP contribution in [0, 0.1) is 13.8 Å². The molecule has 3 rings (SSSR count). The summed E-state index contributed by atoms with van der Waals surface area (Å²) in [5.74, 6) is 2.44. The summed E-state index contributed by atoms with van der Waals surface area (Å²) in [6.07, 6.45) is 0.0407. The topological polar surface area (TPSA) is 82.8 Å². The van der Waals surface area contributed by atoms with E-state index >= 15 is 0 Å². The maximum atomic E-state index is 12.8. The number of methoxy groups -OCH3 is 1. The third kappa shape index (κ3) is 5.60. The molecule has 0 saturated heterocycles. The molecule has 7 heteroatoms. The first-order chi connectivity index (χ1) is 15.3. The van der Waals surface area contributed by atoms with E-state index in [0.29, 0.717) is 29.4 Å². The van der Waals surface area contributed by atoms with Crippen molar-refractivity contribution in [3.63, 3.8) is 0 Å². The van der Waals surface area contributed by atoms with E-state index in [1.807, 2.05) is 58.9 Å². The van der Waals surface area contributed by atoms with Crippen molar-refractivity contribution >= 4 is 5.91 Å². The van der Waals surface area contributed by atoms with Crippen LogP contribution in [-0.4, -0.2) is 24.3 Å². The molecule has 1 amide bonds. The molecule has 32 heavy (non-hydrogen) atoms. The van der Waals surface area contributed by atoms with Crippen molar-refractivity contribution in [1.29, 1.82) is 0 Å². The van der Waals surface area contributed by atoms with Crippen LogP contribution < -0.4 is 19.5 Å². The van der Waals surface area contributed by atoms with E-state index in [4.69, 9.17) is 18.7 Å². The molecule has 1 N–H and O–H groups in total. The maximum absolute atomic E-state index is 12.8. The van der Waals surface area contributed by atoms with Crippen LogP contribution in [0.15, 0.2) is 47.0 Å². The molecule has 2 aromatic carbocycles. The summed E-state index contributed by atoms with van der Waals surface area (Å²) in [4.78, 5) is 12.8. The number of carbonyl (C=O) groups excluding carboxylic acids is 1. The van der Waals surface area contributed by atoms with Crippen molar-refractivity contribution in [2.45, 2.75) is 53.4 Å². The fourth-order valence-corrected chi connectivity index (χ4v) is 3.26. The van der Waals surface area contributed by atoms with Crippen LogP contribution in [0.4, 0.5) is 0 Å². The van der Waals surface area contributed by atoms with Gasteiger partial charge in [-0.1, -0.05) is 17.3 Å². The molecule has 0 bridgehead atoms. The molecule has 1 unspecified atom stereocenters. The number of amides is 1. The van der Waals surface area contributed by atoms with Crippen LogP contribution in [0.3, 0.4) is 0 Å². The van der Waals surface area contributed by atoms with Gasteiger partial charge in [0.2, 0.25) is 0 Å². The highest BCUT2D eigenvalue weighted by Gasteiger charge is 2.16. The predicted octanol–water partition coefficient (Wildman–Crippen LogP) is 5.16. The van der Waals surface area contributed by atoms with Gasteiger partial charge in [0.1, 0.15) is 18.1 Å². The highest BCUT2D eigenvalue weighted by Crippen LogP contribution is 2.31. The molecule has 0 aliphatic rings. The lowest BCUT2D eigenvalue weighted by molar-refractivity contribution is 0.0939. The van der Waals surface area contributed by atoms with Crippen molar-refractivity contribution < 1.29 is 23.5 Å². The third-order valence-corrected chi connectivity index (χ3v) is 5.06. The lowest BCUT2D eigenvalue weighted by Crippen LogP contribution is -2.26. The first-order valence-corrected chi connectivity index (χ1v) is 10.6. The Hall–Kier alpha value is -3.48. The largest absolute Gasteiger partial charge is 0.493 e. The van der Waals surface area contributed by atoms with Crippen LogP contribution in [0.2, 0.25) is 0 Å². The van der Waals surface area contributed by atoms with Gasteiger partial charge in [0.15, 0.2) is 11.5 Å². The number of ether oxygens (including phenoxy) is 3. The van der Waals surface area contributed by atoms with Crippen LogP contribution in [-0.2, 0) is 6.61 Å². The first kappa shape index (κ1) is 23.2. The van der Waals surface area contributed by atoms with E-state index in [9.17, 15) is 4.79 Å². The summed E-state index contributed by atoms with van der Waals surface area (Å²) in [5, 5.41) is 6.95. The van der Waals surface area contributed by atoms with Gasteiger partial charge in [0, 0.05) is 5.56 Å². The molecular formula is C25H30N2O5. The molecule has 1 heterocycles. The second-order valence-corrected chi connectivity index (χ2v) is 7.89. The van der Waals surface area contributed by atoms with Gasteiger partial charge in [0.05, 0.1) is 30.5 Å². The number of hydrogen-bond acceptors (Lipinski definition) is 6. The number of hydrogen-bond donors (Lipinski definition) is 1. The number of carbonyl (C=O) groups is 1. The van der Waals surface area contributed by atoms with Gasteiger partial charge in [-0.25, -0.2) is 0 Å². The number of aromatic nitrogens is 1. The Morgan fingerprint density at radius 2 is 1.88 bits per heavy atom. The zero-order valence-electron chi connectivity index (χ0n) is 19.4. The molecule has 1 atom stereocenters. The summed E-state index contributed by atoms with van der Waals surface area (Å²) in [6.45, 7) is 9.89. The Morgan fingerprint density at radius 1 is 1.09 bits per heavy atom. The van der Waals surface area contributed by atoms with E-state index in [0.717, 1.165) is 22.6 Å². The van der Waals surface area contributed by atoms with Crippen molar-refractivity contribution in [3.8, 4) is 17.2 Å². The Balaban J connectivity index is 1.67. The van der Waals surface area contributed by atoms with E-state index in [-0.39, 0.29) is 18.1 Å². The lowest BCUT2D eigenvalue weighted by Gasteiger charge is -2.18. The van der Waals surface area contributed by atoms with Gasteiger partial charge < -0.3 is 24.1 Å². The average Bonchev–Trinajstić information content (AvgIpc) is 3.09. The SMILES string of the molecule is COc1cc(C(C)NC(=O)c2cccc(OCc3c(C)noc3C)c2)ccc1OC(C)C. The number of aryl methyl sites for hydroxylation is 2. The summed E-state index contributed by atoms with van der Waals surface area (Å²) >= 11 is 0. The summed E-state index contributed by atoms with van der Waals surface area (Å²) in [7, 11) is 1.60. The summed E-state index contributed by atoms with van der Waals surface area (Å²) in [5.41, 5.74) is 3.13. The number of nitrogens with one attached hydrogen (secondary N) is 1. The molecule has 0 aliphatic carbocycles. The average molecular weight is 439 g/mol. The third-order valence-electron chi connectivity index (χ3n) is 5.06. The Morgan fingerprint density at radius 3 is 2.53 bits per heavy atom. The molecule has 0 saturated carbocycles. The molecule has 7 nitrogen and oxygen atoms in total. The van der Waals surface area contributed by atoms with Crippen LogP contribution in [0.5, 0.6) is 17.2 Å². The highest BCUT2D eigenvalue weighted by atomic mass is 16.5. The zero-order valence-corrected chi connectivity index (χ0v) is 19.4. The molecule has 170 valence electrons. The van der Waals surface area contributed by atoms with Crippen molar-refractivity contribution in [2.24, 2.45) is 0 Å². The van der Waals surface area contributed by atoms with Crippen LogP contribution >= 0.6 is 0 Å². The monoisotopic (exact) mass is 438 g/mol. The molecule has 0 spiro atoms. The van der Waals surface area contributed by atoms with E-state index in [2.05, 4.69) is 10.5 Å². The minimum atomic E-state index is -0.226. The fourth-order valence-electron chi connectivity index (χ4n) is 3.26.